The van der Waals surface area contributed by atoms with Gasteiger partial charge in [0.05, 0.1) is 0 Å². The molecule has 1 saturated heterocycles. The second kappa shape index (κ2) is 6.18. The standard InChI is InChI=1S/C11H22N2S2/c1-7(2)5-10(13-12)11-6-14-8(3)9(4)15-11/h8-11,13H,1,5-6,12H2,2-4H3. The smallest absolute Gasteiger partial charge is 0.0374 e. The maximum atomic E-state index is 5.62. The Bertz CT molecular complexity index is 221. The molecule has 4 atom stereocenters. The second-order valence-corrected chi connectivity index (χ2v) is 7.38. The van der Waals surface area contributed by atoms with Gasteiger partial charge < -0.3 is 0 Å². The maximum absolute atomic E-state index is 5.62. The molecular weight excluding hydrogens is 224 g/mol. The molecule has 0 amide bonds. The van der Waals surface area contributed by atoms with E-state index in [2.05, 4.69) is 56.3 Å². The van der Waals surface area contributed by atoms with Gasteiger partial charge in [0, 0.05) is 27.5 Å². The largest absolute Gasteiger partial charge is 0.271 e. The van der Waals surface area contributed by atoms with Gasteiger partial charge in [0.25, 0.3) is 0 Å². The van der Waals surface area contributed by atoms with Crippen molar-refractivity contribution in [3.8, 4) is 0 Å². The second-order valence-electron chi connectivity index (χ2n) is 4.35. The van der Waals surface area contributed by atoms with Gasteiger partial charge >= 0.3 is 0 Å². The van der Waals surface area contributed by atoms with Crippen molar-refractivity contribution in [1.29, 1.82) is 0 Å². The molecule has 1 fully saturated rings. The van der Waals surface area contributed by atoms with Crippen LogP contribution in [0.3, 0.4) is 0 Å². The Labute approximate surface area is 102 Å². The van der Waals surface area contributed by atoms with Crippen molar-refractivity contribution >= 4 is 23.5 Å². The van der Waals surface area contributed by atoms with Gasteiger partial charge in [-0.05, 0) is 13.3 Å². The first-order valence-electron chi connectivity index (χ1n) is 5.42. The predicted molar refractivity (Wildman–Crippen MR) is 73.3 cm³/mol. The highest BCUT2D eigenvalue weighted by Crippen LogP contribution is 2.37. The van der Waals surface area contributed by atoms with Crippen LogP contribution >= 0.6 is 23.5 Å². The summed E-state index contributed by atoms with van der Waals surface area (Å²) in [5.41, 5.74) is 4.15. The van der Waals surface area contributed by atoms with Gasteiger partial charge in [-0.25, -0.2) is 0 Å². The van der Waals surface area contributed by atoms with Crippen LogP contribution in [0.5, 0.6) is 0 Å². The van der Waals surface area contributed by atoms with Crippen molar-refractivity contribution in [2.75, 3.05) is 5.75 Å². The highest BCUT2D eigenvalue weighted by atomic mass is 32.2. The maximum Gasteiger partial charge on any atom is 0.0374 e. The number of thioether (sulfide) groups is 2. The molecule has 0 bridgehead atoms. The van der Waals surface area contributed by atoms with Crippen molar-refractivity contribution in [3.63, 3.8) is 0 Å². The molecule has 0 saturated carbocycles. The van der Waals surface area contributed by atoms with Gasteiger partial charge in [-0.3, -0.25) is 11.3 Å². The molecule has 0 aromatic heterocycles. The first-order valence-corrected chi connectivity index (χ1v) is 7.41. The first kappa shape index (κ1) is 13.4. The molecule has 88 valence electrons. The Morgan fingerprint density at radius 3 is 2.67 bits per heavy atom. The van der Waals surface area contributed by atoms with Crippen LogP contribution < -0.4 is 11.3 Å². The third-order valence-corrected chi connectivity index (χ3v) is 6.36. The zero-order valence-electron chi connectivity index (χ0n) is 9.82. The highest BCUT2D eigenvalue weighted by Gasteiger charge is 2.30. The van der Waals surface area contributed by atoms with E-state index in [0.29, 0.717) is 11.3 Å². The van der Waals surface area contributed by atoms with E-state index in [4.69, 9.17) is 5.84 Å². The molecule has 0 aromatic carbocycles. The van der Waals surface area contributed by atoms with E-state index < -0.39 is 0 Å². The Morgan fingerprint density at radius 2 is 2.20 bits per heavy atom. The van der Waals surface area contributed by atoms with Crippen LogP contribution in [-0.4, -0.2) is 27.5 Å². The molecule has 0 aromatic rings. The van der Waals surface area contributed by atoms with Crippen LogP contribution in [0.4, 0.5) is 0 Å². The van der Waals surface area contributed by atoms with E-state index in [1.165, 1.54) is 11.3 Å². The Morgan fingerprint density at radius 1 is 1.53 bits per heavy atom. The summed E-state index contributed by atoms with van der Waals surface area (Å²) in [6.45, 7) is 10.6. The summed E-state index contributed by atoms with van der Waals surface area (Å²) in [6.07, 6.45) is 0.982. The van der Waals surface area contributed by atoms with Crippen LogP contribution in [0.15, 0.2) is 12.2 Å². The minimum absolute atomic E-state index is 0.370. The van der Waals surface area contributed by atoms with Crippen molar-refractivity contribution < 1.29 is 0 Å². The van der Waals surface area contributed by atoms with Gasteiger partial charge in [-0.1, -0.05) is 19.4 Å². The molecule has 1 heterocycles. The number of hydrogen-bond acceptors (Lipinski definition) is 4. The molecule has 2 nitrogen and oxygen atoms in total. The molecule has 0 aliphatic carbocycles. The molecule has 4 unspecified atom stereocenters. The number of hydrazine groups is 1. The summed E-state index contributed by atoms with van der Waals surface area (Å²) in [5, 5.41) is 2.09. The van der Waals surface area contributed by atoms with Gasteiger partial charge in [0.15, 0.2) is 0 Å². The van der Waals surface area contributed by atoms with E-state index in [0.717, 1.165) is 16.9 Å². The van der Waals surface area contributed by atoms with E-state index in [-0.39, 0.29) is 0 Å². The number of nitrogens with one attached hydrogen (secondary N) is 1. The SMILES string of the molecule is C=C(C)CC(NN)C1CSC(C)C(C)S1. The first-order chi connectivity index (χ1) is 7.04. The molecule has 1 aliphatic heterocycles. The Kier molecular flexibility index (Phi) is 5.53. The van der Waals surface area contributed by atoms with Crippen LogP contribution in [0.1, 0.15) is 27.2 Å². The van der Waals surface area contributed by atoms with Crippen LogP contribution in [0.2, 0.25) is 0 Å². The summed E-state index contributed by atoms with van der Waals surface area (Å²) in [7, 11) is 0. The molecule has 3 N–H and O–H groups in total. The van der Waals surface area contributed by atoms with Crippen molar-refractivity contribution in [2.24, 2.45) is 5.84 Å². The Balaban J connectivity index is 2.50. The quantitative estimate of drug-likeness (QED) is 0.454. The average molecular weight is 246 g/mol. The van der Waals surface area contributed by atoms with Gasteiger partial charge in [-0.2, -0.15) is 23.5 Å². The lowest BCUT2D eigenvalue weighted by atomic mass is 10.1. The van der Waals surface area contributed by atoms with Crippen LogP contribution in [-0.2, 0) is 0 Å². The van der Waals surface area contributed by atoms with Gasteiger partial charge in [0.2, 0.25) is 0 Å². The summed E-state index contributed by atoms with van der Waals surface area (Å²) in [6, 6.07) is 0.370. The summed E-state index contributed by atoms with van der Waals surface area (Å²) in [5.74, 6) is 6.81. The van der Waals surface area contributed by atoms with E-state index in [1.807, 2.05) is 0 Å². The monoisotopic (exact) mass is 246 g/mol. The summed E-state index contributed by atoms with van der Waals surface area (Å²) >= 11 is 4.12. The molecule has 15 heavy (non-hydrogen) atoms. The predicted octanol–water partition coefficient (Wildman–Crippen LogP) is 2.41. The van der Waals surface area contributed by atoms with Crippen LogP contribution in [0, 0.1) is 0 Å². The molecule has 0 spiro atoms. The van der Waals surface area contributed by atoms with E-state index in [9.17, 15) is 0 Å². The lowest BCUT2D eigenvalue weighted by Crippen LogP contribution is -2.46. The normalized spacial score (nSPS) is 33.7. The minimum atomic E-state index is 0.370. The summed E-state index contributed by atoms with van der Waals surface area (Å²) < 4.78 is 0. The highest BCUT2D eigenvalue weighted by molar-refractivity contribution is 8.07. The van der Waals surface area contributed by atoms with Gasteiger partial charge in [0.1, 0.15) is 0 Å². The van der Waals surface area contributed by atoms with Crippen molar-refractivity contribution in [2.45, 2.75) is 49.0 Å². The van der Waals surface area contributed by atoms with E-state index in [1.54, 1.807) is 0 Å². The van der Waals surface area contributed by atoms with Crippen LogP contribution in [0.25, 0.3) is 0 Å². The third-order valence-electron chi connectivity index (χ3n) is 2.81. The molecule has 1 rings (SSSR count). The zero-order chi connectivity index (χ0) is 11.4. The zero-order valence-corrected chi connectivity index (χ0v) is 11.5. The lowest BCUT2D eigenvalue weighted by Gasteiger charge is -2.35. The number of rotatable bonds is 4. The molecule has 4 heteroatoms. The van der Waals surface area contributed by atoms with Crippen molar-refractivity contribution in [3.05, 3.63) is 12.2 Å². The summed E-state index contributed by atoms with van der Waals surface area (Å²) in [4.78, 5) is 0. The number of hydrogen-bond donors (Lipinski definition) is 2. The average Bonchev–Trinajstić information content (AvgIpc) is 2.18. The molecular formula is C11H22N2S2. The fourth-order valence-corrected chi connectivity index (χ4v) is 4.80. The molecule has 0 radical (unpaired) electrons. The minimum Gasteiger partial charge on any atom is -0.271 e. The fraction of sp³-hybridized carbons (Fsp3) is 0.818. The number of nitrogens with two attached hydrogens (primary N) is 1. The molecule has 1 aliphatic rings. The van der Waals surface area contributed by atoms with E-state index >= 15 is 0 Å². The third kappa shape index (κ3) is 4.02. The Hall–Kier alpha value is 0.360. The fourth-order valence-electron chi connectivity index (χ4n) is 1.69. The lowest BCUT2D eigenvalue weighted by molar-refractivity contribution is 0.520. The van der Waals surface area contributed by atoms with Crippen molar-refractivity contribution in [1.82, 2.24) is 5.43 Å². The van der Waals surface area contributed by atoms with Gasteiger partial charge in [-0.15, -0.1) is 6.58 Å². The topological polar surface area (TPSA) is 38.0 Å².